The van der Waals surface area contributed by atoms with E-state index in [1.165, 1.54) is 4.70 Å². The topological polar surface area (TPSA) is 82.3 Å². The largest absolute Gasteiger partial charge is 0.496 e. The van der Waals surface area contributed by atoms with Crippen molar-refractivity contribution in [3.63, 3.8) is 0 Å². The molecular weight excluding hydrogens is 625 g/mol. The molecule has 0 unspecified atom stereocenters. The minimum Gasteiger partial charge on any atom is -0.496 e. The summed E-state index contributed by atoms with van der Waals surface area (Å²) in [6.45, 7) is 8.61. The number of piperazine rings is 1. The first kappa shape index (κ1) is 31.7. The zero-order chi connectivity index (χ0) is 33.0. The van der Waals surface area contributed by atoms with Gasteiger partial charge in [-0.15, -0.1) is 11.3 Å². The van der Waals surface area contributed by atoms with Crippen LogP contribution in [-0.4, -0.2) is 73.8 Å². The van der Waals surface area contributed by atoms with Crippen molar-refractivity contribution in [1.82, 2.24) is 19.9 Å². The Morgan fingerprint density at radius 3 is 2.12 bits per heavy atom. The summed E-state index contributed by atoms with van der Waals surface area (Å²) in [7, 11) is 3.33. The molecule has 0 radical (unpaired) electrons. The second kappa shape index (κ2) is 14.1. The molecule has 9 nitrogen and oxygen atoms in total. The maximum atomic E-state index is 6.28. The lowest BCUT2D eigenvalue weighted by Gasteiger charge is -2.34. The Morgan fingerprint density at radius 2 is 1.40 bits per heavy atom. The molecule has 0 N–H and O–H groups in total. The SMILES string of the molecule is COc1ccc(-c2cc(-c3cc(C)c(C)c(OC)c3)no2)cc1OCN1CCN(COc2ccc(-c3nc4ccccc4s3)cc2)CC1. The van der Waals surface area contributed by atoms with Crippen LogP contribution >= 0.6 is 11.3 Å². The van der Waals surface area contributed by atoms with Crippen LogP contribution in [0.1, 0.15) is 11.1 Å². The van der Waals surface area contributed by atoms with Gasteiger partial charge in [0.05, 0.1) is 24.4 Å². The summed E-state index contributed by atoms with van der Waals surface area (Å²) in [6, 6.07) is 28.2. The second-order valence-corrected chi connectivity index (χ2v) is 12.9. The van der Waals surface area contributed by atoms with Crippen LogP contribution in [0.2, 0.25) is 0 Å². The summed E-state index contributed by atoms with van der Waals surface area (Å²) in [4.78, 5) is 9.36. The molecule has 10 heteroatoms. The van der Waals surface area contributed by atoms with E-state index in [2.05, 4.69) is 46.1 Å². The van der Waals surface area contributed by atoms with Crippen molar-refractivity contribution in [3.05, 3.63) is 96.1 Å². The molecule has 1 aliphatic heterocycles. The van der Waals surface area contributed by atoms with E-state index in [-0.39, 0.29) is 0 Å². The summed E-state index contributed by atoms with van der Waals surface area (Å²) in [6.07, 6.45) is 0. The summed E-state index contributed by atoms with van der Waals surface area (Å²) in [5.74, 6) is 3.65. The number of thiazole rings is 1. The second-order valence-electron chi connectivity index (χ2n) is 11.9. The Morgan fingerprint density at radius 1 is 0.708 bits per heavy atom. The number of ether oxygens (including phenoxy) is 4. The third-order valence-corrected chi connectivity index (χ3v) is 9.86. The van der Waals surface area contributed by atoms with Crippen molar-refractivity contribution in [2.45, 2.75) is 13.8 Å². The number of hydrogen-bond donors (Lipinski definition) is 0. The van der Waals surface area contributed by atoms with Gasteiger partial charge < -0.3 is 23.5 Å². The third kappa shape index (κ3) is 6.87. The quantitative estimate of drug-likeness (QED) is 0.137. The van der Waals surface area contributed by atoms with E-state index in [1.807, 2.05) is 67.6 Å². The molecule has 0 atom stereocenters. The molecule has 7 rings (SSSR count). The van der Waals surface area contributed by atoms with Crippen molar-refractivity contribution < 1.29 is 23.5 Å². The minimum atomic E-state index is 0.450. The van der Waals surface area contributed by atoms with Gasteiger partial charge in [0, 0.05) is 48.9 Å². The van der Waals surface area contributed by atoms with Gasteiger partial charge in [0.2, 0.25) is 0 Å². The maximum Gasteiger partial charge on any atom is 0.167 e. The molecule has 6 aromatic rings. The number of methoxy groups -OCH3 is 2. The molecule has 1 fully saturated rings. The lowest BCUT2D eigenvalue weighted by Crippen LogP contribution is -2.48. The van der Waals surface area contributed by atoms with Gasteiger partial charge >= 0.3 is 0 Å². The molecule has 1 aliphatic rings. The number of fused-ring (bicyclic) bond motifs is 1. The van der Waals surface area contributed by atoms with E-state index in [4.69, 9.17) is 28.5 Å². The third-order valence-electron chi connectivity index (χ3n) is 8.77. The van der Waals surface area contributed by atoms with Crippen LogP contribution in [0.4, 0.5) is 0 Å². The fourth-order valence-corrected chi connectivity index (χ4v) is 6.71. The zero-order valence-electron chi connectivity index (χ0n) is 27.6. The Labute approximate surface area is 284 Å². The highest BCUT2D eigenvalue weighted by Gasteiger charge is 2.19. The summed E-state index contributed by atoms with van der Waals surface area (Å²) in [5, 5.41) is 5.36. The lowest BCUT2D eigenvalue weighted by molar-refractivity contribution is 0.0325. The molecule has 0 saturated carbocycles. The molecule has 0 amide bonds. The smallest absolute Gasteiger partial charge is 0.167 e. The van der Waals surface area contributed by atoms with Gasteiger partial charge in [-0.2, -0.15) is 0 Å². The molecular formula is C38H38N4O5S. The maximum absolute atomic E-state index is 6.28. The van der Waals surface area contributed by atoms with Crippen molar-refractivity contribution >= 4 is 21.6 Å². The summed E-state index contributed by atoms with van der Waals surface area (Å²) >= 11 is 1.71. The molecule has 0 bridgehead atoms. The lowest BCUT2D eigenvalue weighted by atomic mass is 10.0. The van der Waals surface area contributed by atoms with Gasteiger partial charge in [-0.1, -0.05) is 17.3 Å². The summed E-state index contributed by atoms with van der Waals surface area (Å²) in [5.41, 5.74) is 6.92. The first-order valence-corrected chi connectivity index (χ1v) is 16.8. The van der Waals surface area contributed by atoms with Gasteiger partial charge in [-0.3, -0.25) is 9.80 Å². The van der Waals surface area contributed by atoms with Gasteiger partial charge in [0.25, 0.3) is 0 Å². The van der Waals surface area contributed by atoms with Crippen molar-refractivity contribution in [1.29, 1.82) is 0 Å². The molecule has 0 aliphatic carbocycles. The molecule has 48 heavy (non-hydrogen) atoms. The Hall–Kier alpha value is -4.90. The van der Waals surface area contributed by atoms with Gasteiger partial charge in [0.1, 0.15) is 35.7 Å². The van der Waals surface area contributed by atoms with Gasteiger partial charge in [-0.05, 0) is 91.7 Å². The highest BCUT2D eigenvalue weighted by Crippen LogP contribution is 2.36. The predicted octanol–water partition coefficient (Wildman–Crippen LogP) is 7.91. The number of aryl methyl sites for hydroxylation is 1. The van der Waals surface area contributed by atoms with Crippen LogP contribution in [0.15, 0.2) is 89.5 Å². The number of nitrogens with zero attached hydrogens (tertiary/aromatic N) is 4. The van der Waals surface area contributed by atoms with Gasteiger partial charge in [-0.25, -0.2) is 4.98 Å². The fraction of sp³-hybridized carbons (Fsp3) is 0.263. The zero-order valence-corrected chi connectivity index (χ0v) is 28.4. The Kier molecular flexibility index (Phi) is 9.29. The predicted molar refractivity (Wildman–Crippen MR) is 189 cm³/mol. The first-order chi connectivity index (χ1) is 23.5. The molecule has 3 heterocycles. The standard InChI is InChI=1S/C38H38N4O5S/c1-25-19-29(21-34(44-4)26(25)2)32-22-35(47-40-32)28-11-14-33(43-3)36(20-28)46-24-42-17-15-41(16-18-42)23-45-30-12-9-27(10-13-30)38-39-31-7-5-6-8-37(31)48-38/h5-14,19-22H,15-18,23-24H2,1-4H3. The van der Waals surface area contributed by atoms with Crippen LogP contribution < -0.4 is 18.9 Å². The monoisotopic (exact) mass is 662 g/mol. The van der Waals surface area contributed by atoms with Crippen LogP contribution in [0.3, 0.4) is 0 Å². The molecule has 246 valence electrons. The Bertz CT molecular complexity index is 1980. The Balaban J connectivity index is 0.917. The van der Waals surface area contributed by atoms with E-state index in [0.717, 1.165) is 81.7 Å². The van der Waals surface area contributed by atoms with E-state index in [0.29, 0.717) is 30.7 Å². The molecule has 1 saturated heterocycles. The highest BCUT2D eigenvalue weighted by atomic mass is 32.1. The molecule has 2 aromatic heterocycles. The number of rotatable bonds is 11. The normalized spacial score (nSPS) is 13.9. The number of para-hydroxylation sites is 1. The average molecular weight is 663 g/mol. The summed E-state index contributed by atoms with van der Waals surface area (Å²) < 4.78 is 30.5. The highest BCUT2D eigenvalue weighted by molar-refractivity contribution is 7.21. The minimum absolute atomic E-state index is 0.450. The number of benzene rings is 4. The van der Waals surface area contributed by atoms with Crippen molar-refractivity contribution in [2.75, 3.05) is 53.9 Å². The van der Waals surface area contributed by atoms with Crippen molar-refractivity contribution in [3.8, 4) is 56.2 Å². The van der Waals surface area contributed by atoms with E-state index < -0.39 is 0 Å². The number of aromatic nitrogens is 2. The molecule has 4 aromatic carbocycles. The van der Waals surface area contributed by atoms with E-state index >= 15 is 0 Å². The first-order valence-electron chi connectivity index (χ1n) is 15.9. The molecule has 0 spiro atoms. The van der Waals surface area contributed by atoms with Gasteiger partial charge in [0.15, 0.2) is 17.3 Å². The van der Waals surface area contributed by atoms with Crippen LogP contribution in [0, 0.1) is 13.8 Å². The van der Waals surface area contributed by atoms with Crippen molar-refractivity contribution in [2.24, 2.45) is 0 Å². The van der Waals surface area contributed by atoms with Crippen LogP contribution in [0.25, 0.3) is 43.4 Å². The van der Waals surface area contributed by atoms with E-state index in [9.17, 15) is 0 Å². The average Bonchev–Trinajstić information content (AvgIpc) is 3.80. The van der Waals surface area contributed by atoms with E-state index in [1.54, 1.807) is 25.6 Å². The van der Waals surface area contributed by atoms with Crippen LogP contribution in [0.5, 0.6) is 23.0 Å². The fourth-order valence-electron chi connectivity index (χ4n) is 5.74. The number of hydrogen-bond acceptors (Lipinski definition) is 10. The van der Waals surface area contributed by atoms with Crippen LogP contribution in [-0.2, 0) is 0 Å².